The van der Waals surface area contributed by atoms with Crippen molar-refractivity contribution < 1.29 is 18.3 Å². The molecule has 0 aliphatic carbocycles. The molecule has 21 heavy (non-hydrogen) atoms. The van der Waals surface area contributed by atoms with Crippen LogP contribution < -0.4 is 0 Å². The molecular formula is C15H15ClO4S. The van der Waals surface area contributed by atoms with Gasteiger partial charge in [0.25, 0.3) is 0 Å². The van der Waals surface area contributed by atoms with Crippen LogP contribution in [0.15, 0.2) is 24.3 Å². The van der Waals surface area contributed by atoms with Gasteiger partial charge in [0.15, 0.2) is 9.84 Å². The van der Waals surface area contributed by atoms with Gasteiger partial charge in [-0.25, -0.2) is 13.2 Å². The summed E-state index contributed by atoms with van der Waals surface area (Å²) in [6.45, 7) is 0. The molecule has 1 N–H and O–H groups in total. The molecule has 2 heterocycles. The number of fused-ring (bicyclic) bond motifs is 2. The maximum atomic E-state index is 12.2. The number of carboxylic acid groups (broad SMARTS) is 1. The summed E-state index contributed by atoms with van der Waals surface area (Å²) >= 11 is 5.88. The Labute approximate surface area is 128 Å². The zero-order valence-electron chi connectivity index (χ0n) is 11.3. The Morgan fingerprint density at radius 2 is 2.05 bits per heavy atom. The second-order valence-corrected chi connectivity index (χ2v) is 8.43. The van der Waals surface area contributed by atoms with E-state index in [4.69, 9.17) is 16.7 Å². The van der Waals surface area contributed by atoms with E-state index < -0.39 is 21.1 Å². The van der Waals surface area contributed by atoms with Crippen LogP contribution >= 0.6 is 11.6 Å². The lowest BCUT2D eigenvalue weighted by molar-refractivity contribution is 0.0697. The molecule has 2 unspecified atom stereocenters. The van der Waals surface area contributed by atoms with E-state index in [-0.39, 0.29) is 15.8 Å². The zero-order valence-corrected chi connectivity index (χ0v) is 12.8. The van der Waals surface area contributed by atoms with Crippen LogP contribution in [-0.2, 0) is 9.84 Å². The van der Waals surface area contributed by atoms with E-state index in [2.05, 4.69) is 0 Å². The van der Waals surface area contributed by atoms with Crippen molar-refractivity contribution in [3.8, 4) is 0 Å². The lowest BCUT2D eigenvalue weighted by Gasteiger charge is -2.33. The molecule has 4 nitrogen and oxygen atoms in total. The number of rotatable bonds is 2. The highest BCUT2D eigenvalue weighted by atomic mass is 35.5. The largest absolute Gasteiger partial charge is 0.478 e. The Hall–Kier alpha value is -1.33. The maximum absolute atomic E-state index is 12.2. The van der Waals surface area contributed by atoms with Gasteiger partial charge in [0.1, 0.15) is 0 Å². The zero-order chi connectivity index (χ0) is 15.2. The van der Waals surface area contributed by atoms with E-state index in [1.165, 1.54) is 6.07 Å². The molecule has 3 rings (SSSR count). The Balaban J connectivity index is 2.04. The van der Waals surface area contributed by atoms with Gasteiger partial charge in [-0.1, -0.05) is 30.2 Å². The molecule has 1 saturated heterocycles. The number of carboxylic acids is 1. The van der Waals surface area contributed by atoms with Crippen LogP contribution in [-0.4, -0.2) is 30.0 Å². The number of hydrogen-bond acceptors (Lipinski definition) is 3. The summed E-state index contributed by atoms with van der Waals surface area (Å²) in [6.07, 6.45) is 4.52. The summed E-state index contributed by atoms with van der Waals surface area (Å²) in [5.74, 6) is -1.08. The number of aromatic carboxylic acids is 1. The minimum absolute atomic E-state index is 0.0497. The Kier molecular flexibility index (Phi) is 3.58. The van der Waals surface area contributed by atoms with Crippen molar-refractivity contribution in [2.75, 3.05) is 0 Å². The van der Waals surface area contributed by atoms with Gasteiger partial charge in [-0.05, 0) is 42.5 Å². The molecule has 2 atom stereocenters. The number of halogens is 1. The second-order valence-electron chi connectivity index (χ2n) is 5.58. The average molecular weight is 327 g/mol. The minimum Gasteiger partial charge on any atom is -0.478 e. The van der Waals surface area contributed by atoms with Gasteiger partial charge in [0, 0.05) is 0 Å². The van der Waals surface area contributed by atoms with Gasteiger partial charge < -0.3 is 5.11 Å². The smallest absolute Gasteiger partial charge is 0.337 e. The monoisotopic (exact) mass is 326 g/mol. The topological polar surface area (TPSA) is 71.4 Å². The molecule has 6 heteroatoms. The lowest BCUT2D eigenvalue weighted by Crippen LogP contribution is -2.38. The van der Waals surface area contributed by atoms with Gasteiger partial charge in [-0.3, -0.25) is 0 Å². The predicted molar refractivity (Wildman–Crippen MR) is 81.4 cm³/mol. The fourth-order valence-corrected chi connectivity index (χ4v) is 5.61. The van der Waals surface area contributed by atoms with Crippen LogP contribution in [0.4, 0.5) is 0 Å². The summed E-state index contributed by atoms with van der Waals surface area (Å²) < 4.78 is 24.5. The van der Waals surface area contributed by atoms with E-state index in [9.17, 15) is 13.2 Å². The van der Waals surface area contributed by atoms with Crippen molar-refractivity contribution in [3.05, 3.63) is 40.4 Å². The molecule has 0 aromatic heterocycles. The molecule has 0 spiro atoms. The highest BCUT2D eigenvalue weighted by Gasteiger charge is 2.40. The summed E-state index contributed by atoms with van der Waals surface area (Å²) in [6, 6.07) is 4.85. The SMILES string of the molecule is O=C(O)c1cc(C2=CC3CCCC(C2)S3(=O)=O)ccc1Cl. The number of hydrogen-bond donors (Lipinski definition) is 1. The Morgan fingerprint density at radius 3 is 2.71 bits per heavy atom. The number of allylic oxidation sites excluding steroid dienone is 1. The fourth-order valence-electron chi connectivity index (χ4n) is 3.16. The molecule has 2 bridgehead atoms. The summed E-state index contributed by atoms with van der Waals surface area (Å²) in [7, 11) is -3.06. The Bertz CT molecular complexity index is 736. The van der Waals surface area contributed by atoms with Crippen molar-refractivity contribution in [2.45, 2.75) is 36.2 Å². The molecule has 1 aromatic rings. The number of benzene rings is 1. The van der Waals surface area contributed by atoms with Gasteiger partial charge in [0.05, 0.1) is 21.1 Å². The molecule has 0 saturated carbocycles. The van der Waals surface area contributed by atoms with Gasteiger partial charge in [-0.2, -0.15) is 0 Å². The van der Waals surface area contributed by atoms with Crippen molar-refractivity contribution in [3.63, 3.8) is 0 Å². The highest BCUT2D eigenvalue weighted by Crippen LogP contribution is 2.39. The first-order valence-electron chi connectivity index (χ1n) is 6.86. The van der Waals surface area contributed by atoms with Crippen molar-refractivity contribution in [2.24, 2.45) is 0 Å². The van der Waals surface area contributed by atoms with E-state index in [0.717, 1.165) is 17.6 Å². The summed E-state index contributed by atoms with van der Waals surface area (Å²) in [4.78, 5) is 11.2. The van der Waals surface area contributed by atoms with E-state index in [1.807, 2.05) is 0 Å². The summed E-state index contributed by atoms with van der Waals surface area (Å²) in [5, 5.41) is 8.56. The van der Waals surface area contributed by atoms with Crippen LogP contribution in [0.1, 0.15) is 41.6 Å². The number of sulfone groups is 1. The maximum Gasteiger partial charge on any atom is 0.337 e. The molecule has 1 aromatic carbocycles. The summed E-state index contributed by atoms with van der Waals surface area (Å²) in [5.41, 5.74) is 1.72. The van der Waals surface area contributed by atoms with Gasteiger partial charge >= 0.3 is 5.97 Å². The third kappa shape index (κ3) is 2.49. The first-order valence-corrected chi connectivity index (χ1v) is 8.85. The van der Waals surface area contributed by atoms with Crippen LogP contribution in [0.3, 0.4) is 0 Å². The van der Waals surface area contributed by atoms with Gasteiger partial charge in [0.2, 0.25) is 0 Å². The van der Waals surface area contributed by atoms with E-state index >= 15 is 0 Å². The average Bonchev–Trinajstić information content (AvgIpc) is 2.38. The van der Waals surface area contributed by atoms with Crippen molar-refractivity contribution in [1.82, 2.24) is 0 Å². The van der Waals surface area contributed by atoms with Crippen LogP contribution in [0.25, 0.3) is 5.57 Å². The fraction of sp³-hybridized carbons (Fsp3) is 0.400. The Morgan fingerprint density at radius 1 is 1.29 bits per heavy atom. The standard InChI is InChI=1S/C15H15ClO4S/c16-14-5-4-9(8-13(14)15(17)18)10-6-11-2-1-3-12(7-10)21(11,19)20/h4-6,8,11-12H,1-3,7H2,(H,17,18). The van der Waals surface area contributed by atoms with Crippen molar-refractivity contribution >= 4 is 33.0 Å². The van der Waals surface area contributed by atoms with Crippen LogP contribution in [0, 0.1) is 0 Å². The quantitative estimate of drug-likeness (QED) is 0.906. The molecule has 1 fully saturated rings. The first-order chi connectivity index (χ1) is 9.89. The lowest BCUT2D eigenvalue weighted by atomic mass is 9.92. The van der Waals surface area contributed by atoms with Crippen LogP contribution in [0.2, 0.25) is 5.02 Å². The highest BCUT2D eigenvalue weighted by molar-refractivity contribution is 7.93. The second kappa shape index (κ2) is 5.14. The molecule has 0 amide bonds. The van der Waals surface area contributed by atoms with Crippen molar-refractivity contribution in [1.29, 1.82) is 0 Å². The molecular weight excluding hydrogens is 312 g/mol. The molecule has 2 aliphatic heterocycles. The third-order valence-corrected chi connectivity index (χ3v) is 7.18. The third-order valence-electron chi connectivity index (χ3n) is 4.30. The minimum atomic E-state index is -3.06. The van der Waals surface area contributed by atoms with Crippen LogP contribution in [0.5, 0.6) is 0 Å². The molecule has 112 valence electrons. The normalized spacial score (nSPS) is 27.0. The van der Waals surface area contributed by atoms with Gasteiger partial charge in [-0.15, -0.1) is 0 Å². The van der Waals surface area contributed by atoms with E-state index in [0.29, 0.717) is 19.3 Å². The molecule has 0 radical (unpaired) electrons. The number of carbonyl (C=O) groups is 1. The van der Waals surface area contributed by atoms with E-state index in [1.54, 1.807) is 18.2 Å². The molecule has 2 aliphatic rings. The predicted octanol–water partition coefficient (Wildman–Crippen LogP) is 3.16. The first kappa shape index (κ1) is 14.6.